The van der Waals surface area contributed by atoms with Gasteiger partial charge in [0.2, 0.25) is 0 Å². The van der Waals surface area contributed by atoms with Crippen LogP contribution in [0.15, 0.2) is 0 Å². The predicted octanol–water partition coefficient (Wildman–Crippen LogP) is 2.38. The predicted molar refractivity (Wildman–Crippen MR) is 60.2 cm³/mol. The number of aryl methyl sites for hydroxylation is 1. The Hall–Kier alpha value is -1.62. The van der Waals surface area contributed by atoms with Crippen LogP contribution in [0.3, 0.4) is 0 Å². The van der Waals surface area contributed by atoms with Gasteiger partial charge in [-0.15, -0.1) is 0 Å². The van der Waals surface area contributed by atoms with Crippen molar-refractivity contribution in [1.29, 1.82) is 5.26 Å². The van der Waals surface area contributed by atoms with Crippen LogP contribution in [0.25, 0.3) is 0 Å². The molecule has 4 nitrogen and oxygen atoms in total. The molecule has 3 atom stereocenters. The summed E-state index contributed by atoms with van der Waals surface area (Å²) >= 11 is 0. The molecule has 0 unspecified atom stereocenters. The highest BCUT2D eigenvalue weighted by Gasteiger charge is 2.46. The van der Waals surface area contributed by atoms with Crippen molar-refractivity contribution in [3.8, 4) is 6.07 Å². The van der Waals surface area contributed by atoms with Gasteiger partial charge >= 0.3 is 6.18 Å². The summed E-state index contributed by atoms with van der Waals surface area (Å²) in [5.41, 5.74) is -1.62. The summed E-state index contributed by atoms with van der Waals surface area (Å²) < 4.78 is 53.1. The van der Waals surface area contributed by atoms with Crippen LogP contribution in [-0.4, -0.2) is 21.1 Å². The van der Waals surface area contributed by atoms with Crippen molar-refractivity contribution in [3.63, 3.8) is 0 Å². The molecule has 0 radical (unpaired) electrons. The van der Waals surface area contributed by atoms with Gasteiger partial charge in [-0.3, -0.25) is 4.68 Å². The second-order valence-corrected chi connectivity index (χ2v) is 4.91. The highest BCUT2D eigenvalue weighted by Crippen LogP contribution is 2.42. The van der Waals surface area contributed by atoms with Gasteiger partial charge < -0.3 is 5.11 Å². The van der Waals surface area contributed by atoms with Crippen LogP contribution in [0, 0.1) is 17.2 Å². The third-order valence-corrected chi connectivity index (χ3v) is 3.39. The van der Waals surface area contributed by atoms with Gasteiger partial charge in [0.25, 0.3) is 0 Å². The van der Waals surface area contributed by atoms with E-state index in [1.165, 1.54) is 0 Å². The minimum absolute atomic E-state index is 0.0717. The smallest absolute Gasteiger partial charge is 0.385 e. The first-order valence-corrected chi connectivity index (χ1v) is 6.14. The molecule has 0 saturated heterocycles. The van der Waals surface area contributed by atoms with Gasteiger partial charge in [-0.25, -0.2) is 4.39 Å². The zero-order valence-electron chi connectivity index (χ0n) is 10.7. The standard InChI is InChI=1S/C12H13F4N3O/c1-6(5-17)2-3-19-8-4-7(13)10(20)9(8)11(18-19)12(14,15)16/h6-7,10,20H,2-4H2,1H3/t6-,7+,10+/m0/s1. The largest absolute Gasteiger partial charge is 0.435 e. The summed E-state index contributed by atoms with van der Waals surface area (Å²) in [4.78, 5) is 0. The second-order valence-electron chi connectivity index (χ2n) is 4.91. The van der Waals surface area contributed by atoms with Gasteiger partial charge in [0, 0.05) is 30.1 Å². The summed E-state index contributed by atoms with van der Waals surface area (Å²) in [6, 6.07) is 1.97. The Labute approximate surface area is 112 Å². The van der Waals surface area contributed by atoms with Crippen LogP contribution < -0.4 is 0 Å². The Kier molecular flexibility index (Phi) is 3.73. The maximum Gasteiger partial charge on any atom is 0.435 e. The van der Waals surface area contributed by atoms with Gasteiger partial charge in [0.15, 0.2) is 5.69 Å². The van der Waals surface area contributed by atoms with Crippen molar-refractivity contribution in [2.24, 2.45) is 5.92 Å². The number of halogens is 4. The number of aliphatic hydroxyl groups excluding tert-OH is 1. The van der Waals surface area contributed by atoms with Crippen LogP contribution in [0.5, 0.6) is 0 Å². The Balaban J connectivity index is 2.36. The average molecular weight is 291 g/mol. The molecule has 1 aromatic heterocycles. The van der Waals surface area contributed by atoms with E-state index in [0.29, 0.717) is 6.42 Å². The van der Waals surface area contributed by atoms with Gasteiger partial charge in [-0.2, -0.15) is 23.5 Å². The van der Waals surface area contributed by atoms with Gasteiger partial charge in [0.05, 0.1) is 6.07 Å². The van der Waals surface area contributed by atoms with Gasteiger partial charge in [-0.05, 0) is 13.3 Å². The Morgan fingerprint density at radius 3 is 2.75 bits per heavy atom. The van der Waals surface area contributed by atoms with Crippen molar-refractivity contribution >= 4 is 0 Å². The number of fused-ring (bicyclic) bond motifs is 1. The summed E-state index contributed by atoms with van der Waals surface area (Å²) in [6.45, 7) is 1.73. The van der Waals surface area contributed by atoms with E-state index in [1.54, 1.807) is 6.92 Å². The number of hydrogen-bond acceptors (Lipinski definition) is 3. The number of rotatable bonds is 3. The Morgan fingerprint density at radius 2 is 2.20 bits per heavy atom. The van der Waals surface area contributed by atoms with E-state index in [1.807, 2.05) is 6.07 Å². The lowest BCUT2D eigenvalue weighted by atomic mass is 10.1. The molecule has 20 heavy (non-hydrogen) atoms. The molecule has 8 heteroatoms. The molecule has 0 amide bonds. The van der Waals surface area contributed by atoms with Gasteiger partial charge in [0.1, 0.15) is 12.3 Å². The van der Waals surface area contributed by atoms with Crippen molar-refractivity contribution < 1.29 is 22.7 Å². The van der Waals surface area contributed by atoms with Crippen LogP contribution in [0.4, 0.5) is 17.6 Å². The number of aromatic nitrogens is 2. The van der Waals surface area contributed by atoms with E-state index >= 15 is 0 Å². The molecule has 1 aliphatic rings. The number of aliphatic hydroxyl groups is 1. The molecule has 110 valence electrons. The third kappa shape index (κ3) is 2.50. The molecular weight excluding hydrogens is 278 g/mol. The summed E-state index contributed by atoms with van der Waals surface area (Å²) in [5.74, 6) is -0.336. The molecule has 0 spiro atoms. The zero-order chi connectivity index (χ0) is 15.1. The molecule has 0 bridgehead atoms. The fraction of sp³-hybridized carbons (Fsp3) is 0.667. The van der Waals surface area contributed by atoms with E-state index in [9.17, 15) is 22.7 Å². The highest BCUT2D eigenvalue weighted by molar-refractivity contribution is 5.36. The van der Waals surface area contributed by atoms with Crippen molar-refractivity contribution in [1.82, 2.24) is 9.78 Å². The maximum absolute atomic E-state index is 13.4. The minimum atomic E-state index is -4.73. The first-order chi connectivity index (χ1) is 9.25. The number of nitriles is 1. The third-order valence-electron chi connectivity index (χ3n) is 3.39. The quantitative estimate of drug-likeness (QED) is 0.870. The van der Waals surface area contributed by atoms with Crippen LogP contribution in [0.1, 0.15) is 36.4 Å². The fourth-order valence-electron chi connectivity index (χ4n) is 2.29. The second kappa shape index (κ2) is 5.05. The number of alkyl halides is 4. The molecule has 0 saturated carbocycles. The van der Waals surface area contributed by atoms with E-state index in [-0.39, 0.29) is 24.6 Å². The molecule has 1 aliphatic carbocycles. The van der Waals surface area contributed by atoms with Crippen molar-refractivity contribution in [2.45, 2.75) is 44.8 Å². The molecule has 2 rings (SSSR count). The summed E-state index contributed by atoms with van der Waals surface area (Å²) in [5, 5.41) is 21.7. The average Bonchev–Trinajstić information content (AvgIpc) is 2.85. The van der Waals surface area contributed by atoms with E-state index < -0.39 is 29.7 Å². The summed E-state index contributed by atoms with van der Waals surface area (Å²) in [7, 11) is 0. The first-order valence-electron chi connectivity index (χ1n) is 6.14. The van der Waals surface area contributed by atoms with Crippen LogP contribution >= 0.6 is 0 Å². The van der Waals surface area contributed by atoms with Crippen molar-refractivity contribution in [3.05, 3.63) is 17.0 Å². The lowest BCUT2D eigenvalue weighted by molar-refractivity contribution is -0.143. The zero-order valence-corrected chi connectivity index (χ0v) is 10.7. The molecular formula is C12H13F4N3O. The maximum atomic E-state index is 13.4. The van der Waals surface area contributed by atoms with Crippen molar-refractivity contribution in [2.75, 3.05) is 0 Å². The lowest BCUT2D eigenvalue weighted by Crippen LogP contribution is -2.16. The molecule has 1 heterocycles. The van der Waals surface area contributed by atoms with E-state index in [2.05, 4.69) is 5.10 Å². The normalized spacial score (nSPS) is 23.4. The summed E-state index contributed by atoms with van der Waals surface area (Å²) in [6.07, 6.45) is -8.25. The highest BCUT2D eigenvalue weighted by atomic mass is 19.4. The molecule has 0 aliphatic heterocycles. The van der Waals surface area contributed by atoms with E-state index in [0.717, 1.165) is 4.68 Å². The minimum Gasteiger partial charge on any atom is -0.385 e. The van der Waals surface area contributed by atoms with Crippen LogP contribution in [-0.2, 0) is 19.1 Å². The molecule has 1 aromatic rings. The fourth-order valence-corrected chi connectivity index (χ4v) is 2.29. The number of hydrogen-bond donors (Lipinski definition) is 1. The Bertz CT molecular complexity index is 546. The lowest BCUT2D eigenvalue weighted by Gasteiger charge is -2.10. The molecule has 1 N–H and O–H groups in total. The van der Waals surface area contributed by atoms with E-state index in [4.69, 9.17) is 5.26 Å². The van der Waals surface area contributed by atoms with Crippen LogP contribution in [0.2, 0.25) is 0 Å². The molecule has 0 aromatic carbocycles. The van der Waals surface area contributed by atoms with Gasteiger partial charge in [-0.1, -0.05) is 0 Å². The monoisotopic (exact) mass is 291 g/mol. The SMILES string of the molecule is C[C@H](C#N)CCn1nc(C(F)(F)F)c2c1C[C@@H](F)[C@H]2O. The topological polar surface area (TPSA) is 61.8 Å². The number of nitrogens with zero attached hydrogens (tertiary/aromatic N) is 3. The first kappa shape index (κ1) is 14.8. The Morgan fingerprint density at radius 1 is 1.55 bits per heavy atom. The molecule has 0 fully saturated rings.